The summed E-state index contributed by atoms with van der Waals surface area (Å²) in [6, 6.07) is 0.503. The molecule has 3 rings (SSSR count). The maximum atomic E-state index is 13.2. The maximum Gasteiger partial charge on any atom is 0.408 e. The molecule has 2 aliphatic heterocycles. The first kappa shape index (κ1) is 21.9. The highest BCUT2D eigenvalue weighted by Crippen LogP contribution is 2.40. The van der Waals surface area contributed by atoms with E-state index >= 15 is 0 Å². The van der Waals surface area contributed by atoms with Gasteiger partial charge in [-0.2, -0.15) is 0 Å². The van der Waals surface area contributed by atoms with E-state index < -0.39 is 35.3 Å². The molecular formula is C20H29N5O5. The molecule has 0 aliphatic carbocycles. The largest absolute Gasteiger partial charge is 0.444 e. The van der Waals surface area contributed by atoms with Crippen LogP contribution in [0, 0.1) is 0 Å². The third kappa shape index (κ3) is 4.38. The number of nitrogens with zero attached hydrogens (tertiary/aromatic N) is 4. The predicted octanol–water partition coefficient (Wildman–Crippen LogP) is 0.454. The summed E-state index contributed by atoms with van der Waals surface area (Å²) >= 11 is 0. The lowest BCUT2D eigenvalue weighted by Gasteiger charge is -2.51. The molecule has 30 heavy (non-hydrogen) atoms. The van der Waals surface area contributed by atoms with Gasteiger partial charge in [-0.05, 0) is 46.6 Å². The second-order valence-electron chi connectivity index (χ2n) is 8.82. The fourth-order valence-corrected chi connectivity index (χ4v) is 3.95. The second-order valence-corrected chi connectivity index (χ2v) is 8.82. The molecule has 0 radical (unpaired) electrons. The minimum atomic E-state index is -1.20. The number of hydrogen-bond donors (Lipinski definition) is 2. The van der Waals surface area contributed by atoms with Crippen LogP contribution < -0.4 is 5.32 Å². The fourth-order valence-electron chi connectivity index (χ4n) is 3.95. The zero-order valence-corrected chi connectivity index (χ0v) is 17.8. The molecule has 1 aromatic heterocycles. The van der Waals surface area contributed by atoms with Gasteiger partial charge in [0.1, 0.15) is 23.0 Å². The molecule has 2 fully saturated rings. The number of hydrogen-bond acceptors (Lipinski definition) is 7. The quantitative estimate of drug-likeness (QED) is 0.664. The molecule has 0 bridgehead atoms. The number of β-lactam (4-membered cyclic amide) rings is 1. The zero-order valence-electron chi connectivity index (χ0n) is 17.8. The monoisotopic (exact) mass is 419 g/mol. The van der Waals surface area contributed by atoms with Crippen molar-refractivity contribution in [3.05, 3.63) is 24.3 Å². The van der Waals surface area contributed by atoms with Crippen molar-refractivity contribution in [2.45, 2.75) is 70.4 Å². The van der Waals surface area contributed by atoms with Crippen LogP contribution in [0.1, 0.15) is 46.4 Å². The van der Waals surface area contributed by atoms with Gasteiger partial charge in [0.05, 0.1) is 19.2 Å². The highest BCUT2D eigenvalue weighted by Gasteiger charge is 2.60. The highest BCUT2D eigenvalue weighted by atomic mass is 16.6. The summed E-state index contributed by atoms with van der Waals surface area (Å²) in [6.07, 6.45) is 2.51. The lowest BCUT2D eigenvalue weighted by Crippen LogP contribution is -2.74. The van der Waals surface area contributed by atoms with Crippen molar-refractivity contribution in [2.24, 2.45) is 0 Å². The smallest absolute Gasteiger partial charge is 0.408 e. The van der Waals surface area contributed by atoms with Gasteiger partial charge in [0.25, 0.3) is 5.91 Å². The van der Waals surface area contributed by atoms with Gasteiger partial charge in [-0.1, -0.05) is 0 Å². The normalized spacial score (nSPS) is 23.2. The Labute approximate surface area is 175 Å². The molecule has 2 saturated heterocycles. The summed E-state index contributed by atoms with van der Waals surface area (Å²) in [7, 11) is 0. The van der Waals surface area contributed by atoms with Gasteiger partial charge < -0.3 is 25.0 Å². The molecule has 1 aromatic rings. The Morgan fingerprint density at radius 2 is 2.00 bits per heavy atom. The number of aliphatic hydroxyl groups is 1. The molecule has 164 valence electrons. The standard InChI is InChI=1S/C20H29N5O5/c1-13(26)15(23-18(29)30-19(2,3)4)16(27)25-10-5-7-20(25)12-24(17(20)28)11-14-21-8-6-9-22-14/h6,8-9,13,15,26H,5,7,10-12H2,1-4H3,(H,23,29)/t13-,15+,20?/m1/s1. The van der Waals surface area contributed by atoms with Crippen molar-refractivity contribution in [3.63, 3.8) is 0 Å². The SMILES string of the molecule is C[C@@H](O)[C@H](NC(=O)OC(C)(C)C)C(=O)N1CCCC12CN(Cc1ncccn1)C2=O. The molecule has 2 aliphatic rings. The highest BCUT2D eigenvalue weighted by molar-refractivity contribution is 5.99. The van der Waals surface area contributed by atoms with Crippen molar-refractivity contribution >= 4 is 17.9 Å². The van der Waals surface area contributed by atoms with E-state index in [0.29, 0.717) is 31.8 Å². The molecule has 10 nitrogen and oxygen atoms in total. The number of aromatic nitrogens is 2. The van der Waals surface area contributed by atoms with Gasteiger partial charge in [-0.25, -0.2) is 14.8 Å². The van der Waals surface area contributed by atoms with E-state index in [1.165, 1.54) is 11.8 Å². The molecule has 2 N–H and O–H groups in total. The summed E-state index contributed by atoms with van der Waals surface area (Å²) < 4.78 is 5.21. The molecule has 0 aromatic carbocycles. The van der Waals surface area contributed by atoms with E-state index in [-0.39, 0.29) is 12.5 Å². The van der Waals surface area contributed by atoms with Crippen molar-refractivity contribution in [2.75, 3.05) is 13.1 Å². The van der Waals surface area contributed by atoms with E-state index in [2.05, 4.69) is 15.3 Å². The van der Waals surface area contributed by atoms with Crippen LogP contribution in [0.2, 0.25) is 0 Å². The minimum Gasteiger partial charge on any atom is -0.444 e. The van der Waals surface area contributed by atoms with Gasteiger partial charge in [-0.3, -0.25) is 9.59 Å². The Kier molecular flexibility index (Phi) is 5.98. The van der Waals surface area contributed by atoms with Gasteiger partial charge in [0.15, 0.2) is 0 Å². The van der Waals surface area contributed by atoms with E-state index in [9.17, 15) is 19.5 Å². The number of alkyl carbamates (subject to hydrolysis) is 1. The third-order valence-corrected chi connectivity index (χ3v) is 5.26. The van der Waals surface area contributed by atoms with Gasteiger partial charge >= 0.3 is 6.09 Å². The number of aliphatic hydroxyl groups excluding tert-OH is 1. The van der Waals surface area contributed by atoms with Crippen LogP contribution >= 0.6 is 0 Å². The number of carbonyl (C=O) groups is 3. The average Bonchev–Trinajstić information content (AvgIpc) is 3.11. The van der Waals surface area contributed by atoms with Gasteiger partial charge in [0, 0.05) is 18.9 Å². The van der Waals surface area contributed by atoms with E-state index in [1.807, 2.05) is 0 Å². The van der Waals surface area contributed by atoms with Crippen LogP contribution in [0.15, 0.2) is 18.5 Å². The molecule has 3 heterocycles. The van der Waals surface area contributed by atoms with Gasteiger partial charge in [-0.15, -0.1) is 0 Å². The first-order valence-corrected chi connectivity index (χ1v) is 10.1. The molecular weight excluding hydrogens is 390 g/mol. The molecule has 10 heteroatoms. The van der Waals surface area contributed by atoms with Crippen LogP contribution in [0.3, 0.4) is 0 Å². The first-order valence-electron chi connectivity index (χ1n) is 10.1. The molecule has 0 saturated carbocycles. The number of ether oxygens (including phenoxy) is 1. The van der Waals surface area contributed by atoms with Crippen molar-refractivity contribution in [1.29, 1.82) is 0 Å². The van der Waals surface area contributed by atoms with E-state index in [4.69, 9.17) is 4.74 Å². The summed E-state index contributed by atoms with van der Waals surface area (Å²) in [5.41, 5.74) is -1.68. The molecule has 1 spiro atoms. The Morgan fingerprint density at radius 1 is 1.33 bits per heavy atom. The lowest BCUT2D eigenvalue weighted by atomic mass is 9.85. The topological polar surface area (TPSA) is 125 Å². The number of carbonyl (C=O) groups excluding carboxylic acids is 3. The second kappa shape index (κ2) is 8.17. The molecule has 3 atom stereocenters. The Balaban J connectivity index is 1.70. The van der Waals surface area contributed by atoms with Crippen LogP contribution in [0.25, 0.3) is 0 Å². The minimum absolute atomic E-state index is 0.164. The Bertz CT molecular complexity index is 810. The van der Waals surface area contributed by atoms with E-state index in [0.717, 1.165) is 0 Å². The van der Waals surface area contributed by atoms with Crippen LogP contribution in [-0.4, -0.2) is 79.2 Å². The average molecular weight is 419 g/mol. The summed E-state index contributed by atoms with van der Waals surface area (Å²) in [5, 5.41) is 12.6. The van der Waals surface area contributed by atoms with Crippen LogP contribution in [0.4, 0.5) is 4.79 Å². The molecule has 3 amide bonds. The number of nitrogens with one attached hydrogen (secondary N) is 1. The predicted molar refractivity (Wildman–Crippen MR) is 106 cm³/mol. The van der Waals surface area contributed by atoms with Crippen LogP contribution in [0.5, 0.6) is 0 Å². The molecule has 1 unspecified atom stereocenters. The lowest BCUT2D eigenvalue weighted by molar-refractivity contribution is -0.170. The summed E-state index contributed by atoms with van der Waals surface area (Å²) in [6.45, 7) is 7.58. The summed E-state index contributed by atoms with van der Waals surface area (Å²) in [5.74, 6) is -0.121. The fraction of sp³-hybridized carbons (Fsp3) is 0.650. The van der Waals surface area contributed by atoms with E-state index in [1.54, 1.807) is 44.1 Å². The van der Waals surface area contributed by atoms with Crippen molar-refractivity contribution < 1.29 is 24.2 Å². The number of amides is 3. The Hall–Kier alpha value is -2.75. The Morgan fingerprint density at radius 3 is 2.57 bits per heavy atom. The van der Waals surface area contributed by atoms with Crippen LogP contribution in [-0.2, 0) is 20.9 Å². The van der Waals surface area contributed by atoms with Crippen molar-refractivity contribution in [1.82, 2.24) is 25.1 Å². The first-order chi connectivity index (χ1) is 14.0. The number of rotatable bonds is 5. The summed E-state index contributed by atoms with van der Waals surface area (Å²) in [4.78, 5) is 49.7. The van der Waals surface area contributed by atoms with Gasteiger partial charge in [0.2, 0.25) is 5.91 Å². The number of likely N-dealkylation sites (tertiary alicyclic amines) is 2. The van der Waals surface area contributed by atoms with Crippen molar-refractivity contribution in [3.8, 4) is 0 Å². The zero-order chi connectivity index (χ0) is 22.1. The maximum absolute atomic E-state index is 13.2. The third-order valence-electron chi connectivity index (χ3n) is 5.26.